The van der Waals surface area contributed by atoms with Gasteiger partial charge in [0.1, 0.15) is 17.3 Å². The first-order valence-corrected chi connectivity index (χ1v) is 9.68. The van der Waals surface area contributed by atoms with Gasteiger partial charge >= 0.3 is 0 Å². The van der Waals surface area contributed by atoms with E-state index in [0.29, 0.717) is 17.9 Å². The highest BCUT2D eigenvalue weighted by atomic mass is 32.2. The molecule has 0 saturated carbocycles. The van der Waals surface area contributed by atoms with E-state index in [4.69, 9.17) is 4.74 Å². The Balaban J connectivity index is 2.48. The van der Waals surface area contributed by atoms with Crippen molar-refractivity contribution in [2.75, 3.05) is 6.61 Å². The van der Waals surface area contributed by atoms with Gasteiger partial charge in [0.05, 0.1) is 4.90 Å². The first-order chi connectivity index (χ1) is 12.3. The zero-order valence-electron chi connectivity index (χ0n) is 15.1. The molecule has 0 heterocycles. The number of hydrogen-bond acceptors (Lipinski definition) is 4. The number of rotatable bonds is 7. The third-order valence-corrected chi connectivity index (χ3v) is 5.50. The third kappa shape index (κ3) is 4.92. The Kier molecular flexibility index (Phi) is 6.52. The van der Waals surface area contributed by atoms with Crippen LogP contribution in [0.25, 0.3) is 6.08 Å². The minimum absolute atomic E-state index is 0.0874. The number of allylic oxidation sites excluding steroid dienone is 2. The van der Waals surface area contributed by atoms with Crippen LogP contribution in [-0.2, 0) is 14.6 Å². The molecule has 0 amide bonds. The van der Waals surface area contributed by atoms with Crippen molar-refractivity contribution in [3.8, 4) is 5.75 Å². The molecule has 0 N–H and O–H groups in total. The lowest BCUT2D eigenvalue weighted by Gasteiger charge is -2.10. The highest BCUT2D eigenvalue weighted by Gasteiger charge is 2.24. The van der Waals surface area contributed by atoms with E-state index in [2.05, 4.69) is 0 Å². The molecule has 0 radical (unpaired) electrons. The SMILES string of the molecule is CC(=O)C(=Cc1ccccc1OCC=C(C)C)S(=O)(=O)c1ccccc1. The molecule has 26 heavy (non-hydrogen) atoms. The molecule has 0 fully saturated rings. The fourth-order valence-corrected chi connectivity index (χ4v) is 3.70. The molecule has 0 atom stereocenters. The van der Waals surface area contributed by atoms with Crippen LogP contribution in [0.1, 0.15) is 26.3 Å². The highest BCUT2D eigenvalue weighted by Crippen LogP contribution is 2.26. The van der Waals surface area contributed by atoms with Gasteiger partial charge in [0.2, 0.25) is 9.84 Å². The topological polar surface area (TPSA) is 60.4 Å². The standard InChI is InChI=1S/C21H22O4S/c1-16(2)13-14-25-20-12-8-7-9-18(20)15-21(17(3)22)26(23,24)19-10-5-4-6-11-19/h4-13,15H,14H2,1-3H3. The average Bonchev–Trinajstić information content (AvgIpc) is 2.60. The molecule has 0 aliphatic rings. The Hall–Kier alpha value is -2.66. The van der Waals surface area contributed by atoms with Crippen molar-refractivity contribution in [2.24, 2.45) is 0 Å². The largest absolute Gasteiger partial charge is 0.489 e. The molecule has 0 aliphatic heterocycles. The summed E-state index contributed by atoms with van der Waals surface area (Å²) in [4.78, 5) is 11.9. The van der Waals surface area contributed by atoms with Gasteiger partial charge in [-0.25, -0.2) is 8.42 Å². The van der Waals surface area contributed by atoms with Crippen LogP contribution in [-0.4, -0.2) is 20.8 Å². The van der Waals surface area contributed by atoms with Crippen molar-refractivity contribution < 1.29 is 17.9 Å². The second-order valence-corrected chi connectivity index (χ2v) is 7.93. The number of carbonyl (C=O) groups is 1. The molecule has 136 valence electrons. The van der Waals surface area contributed by atoms with Gasteiger partial charge in [-0.3, -0.25) is 4.79 Å². The maximum Gasteiger partial charge on any atom is 0.210 e. The predicted octanol–water partition coefficient (Wildman–Crippen LogP) is 4.44. The van der Waals surface area contributed by atoms with Crippen LogP contribution < -0.4 is 4.74 Å². The van der Waals surface area contributed by atoms with Crippen LogP contribution >= 0.6 is 0 Å². The number of sulfone groups is 1. The Bertz CT molecular complexity index is 935. The van der Waals surface area contributed by atoms with Gasteiger partial charge in [-0.05, 0) is 51.1 Å². The van der Waals surface area contributed by atoms with Gasteiger partial charge in [0.15, 0.2) is 5.78 Å². The summed E-state index contributed by atoms with van der Waals surface area (Å²) in [6.07, 6.45) is 3.30. The molecule has 0 unspecified atom stereocenters. The van der Waals surface area contributed by atoms with Crippen molar-refractivity contribution in [3.05, 3.63) is 76.7 Å². The molecule has 0 aliphatic carbocycles. The van der Waals surface area contributed by atoms with Crippen LogP contribution in [0.5, 0.6) is 5.75 Å². The van der Waals surface area contributed by atoms with Crippen LogP contribution in [0.15, 0.2) is 76.0 Å². The van der Waals surface area contributed by atoms with E-state index in [0.717, 1.165) is 5.57 Å². The maximum atomic E-state index is 12.9. The number of para-hydroxylation sites is 1. The predicted molar refractivity (Wildman–Crippen MR) is 104 cm³/mol. The monoisotopic (exact) mass is 370 g/mol. The summed E-state index contributed by atoms with van der Waals surface area (Å²) in [6.45, 7) is 5.55. The van der Waals surface area contributed by atoms with E-state index in [9.17, 15) is 13.2 Å². The Morgan fingerprint density at radius 1 is 0.962 bits per heavy atom. The lowest BCUT2D eigenvalue weighted by molar-refractivity contribution is -0.112. The summed E-state index contributed by atoms with van der Waals surface area (Å²) in [6, 6.07) is 15.0. The Labute approximate surface area is 154 Å². The van der Waals surface area contributed by atoms with Gasteiger partial charge in [-0.1, -0.05) is 42.0 Å². The molecule has 0 aromatic heterocycles. The maximum absolute atomic E-state index is 12.9. The number of ketones is 1. The Morgan fingerprint density at radius 2 is 1.58 bits per heavy atom. The zero-order chi connectivity index (χ0) is 19.2. The molecule has 2 aromatic carbocycles. The summed E-state index contributed by atoms with van der Waals surface area (Å²) in [5.74, 6) is -0.0000312. The smallest absolute Gasteiger partial charge is 0.210 e. The second-order valence-electron chi connectivity index (χ2n) is 6.01. The fraction of sp³-hybridized carbons (Fsp3) is 0.190. The molecule has 2 rings (SSSR count). The highest BCUT2D eigenvalue weighted by molar-refractivity contribution is 7.96. The first kappa shape index (κ1) is 19.7. The van der Waals surface area contributed by atoms with E-state index in [-0.39, 0.29) is 9.80 Å². The van der Waals surface area contributed by atoms with E-state index < -0.39 is 15.6 Å². The second kappa shape index (κ2) is 8.63. The lowest BCUT2D eigenvalue weighted by atomic mass is 10.1. The van der Waals surface area contributed by atoms with Crippen molar-refractivity contribution in [3.63, 3.8) is 0 Å². The lowest BCUT2D eigenvalue weighted by Crippen LogP contribution is -2.11. The fourth-order valence-electron chi connectivity index (χ4n) is 2.27. The van der Waals surface area contributed by atoms with Crippen molar-refractivity contribution >= 4 is 21.7 Å². The van der Waals surface area contributed by atoms with Crippen LogP contribution in [0.2, 0.25) is 0 Å². The molecule has 2 aromatic rings. The van der Waals surface area contributed by atoms with E-state index in [1.807, 2.05) is 19.9 Å². The van der Waals surface area contributed by atoms with E-state index in [1.165, 1.54) is 25.1 Å². The Morgan fingerprint density at radius 3 is 2.19 bits per heavy atom. The molecule has 5 heteroatoms. The van der Waals surface area contributed by atoms with Crippen molar-refractivity contribution in [1.29, 1.82) is 0 Å². The van der Waals surface area contributed by atoms with Crippen LogP contribution in [0.3, 0.4) is 0 Å². The summed E-state index contributed by atoms with van der Waals surface area (Å²) in [5.41, 5.74) is 1.66. The van der Waals surface area contributed by atoms with E-state index >= 15 is 0 Å². The molecular weight excluding hydrogens is 348 g/mol. The van der Waals surface area contributed by atoms with Crippen LogP contribution in [0, 0.1) is 0 Å². The van der Waals surface area contributed by atoms with Crippen molar-refractivity contribution in [2.45, 2.75) is 25.7 Å². The van der Waals surface area contributed by atoms with Gasteiger partial charge < -0.3 is 4.74 Å². The summed E-state index contributed by atoms with van der Waals surface area (Å²) < 4.78 is 31.4. The van der Waals surface area contributed by atoms with Gasteiger partial charge in [-0.15, -0.1) is 0 Å². The normalized spacial score (nSPS) is 11.7. The number of ether oxygens (including phenoxy) is 1. The number of benzene rings is 2. The summed E-state index contributed by atoms with van der Waals surface area (Å²) in [5, 5.41) is 0. The third-order valence-electron chi connectivity index (χ3n) is 3.63. The minimum atomic E-state index is -3.91. The first-order valence-electron chi connectivity index (χ1n) is 8.20. The van der Waals surface area contributed by atoms with Gasteiger partial charge in [0, 0.05) is 5.56 Å². The van der Waals surface area contributed by atoms with Gasteiger partial charge in [0.25, 0.3) is 0 Å². The molecular formula is C21H22O4S. The molecule has 4 nitrogen and oxygen atoms in total. The molecule has 0 bridgehead atoms. The summed E-state index contributed by atoms with van der Waals surface area (Å²) >= 11 is 0. The molecule has 0 spiro atoms. The minimum Gasteiger partial charge on any atom is -0.489 e. The van der Waals surface area contributed by atoms with Crippen molar-refractivity contribution in [1.82, 2.24) is 0 Å². The van der Waals surface area contributed by atoms with Gasteiger partial charge in [-0.2, -0.15) is 0 Å². The number of carbonyl (C=O) groups excluding carboxylic acids is 1. The van der Waals surface area contributed by atoms with E-state index in [1.54, 1.807) is 42.5 Å². The molecule has 0 saturated heterocycles. The van der Waals surface area contributed by atoms with Crippen LogP contribution in [0.4, 0.5) is 0 Å². The average molecular weight is 370 g/mol. The number of hydrogen-bond donors (Lipinski definition) is 0. The number of Topliss-reactive ketones (excluding diaryl/α,β-unsaturated/α-hetero) is 1. The summed E-state index contributed by atoms with van der Waals surface area (Å²) in [7, 11) is -3.91. The quantitative estimate of drug-likeness (QED) is 0.534. The zero-order valence-corrected chi connectivity index (χ0v) is 15.9.